The minimum absolute atomic E-state index is 0.0882. The molecule has 1 aromatic heterocycles. The lowest BCUT2D eigenvalue weighted by molar-refractivity contribution is 0.0937. The number of likely N-dealkylation sites (tertiary alicyclic amines) is 1. The third kappa shape index (κ3) is 4.15. The van der Waals surface area contributed by atoms with Crippen LogP contribution in [0.15, 0.2) is 47.2 Å². The van der Waals surface area contributed by atoms with Crippen molar-refractivity contribution in [3.05, 3.63) is 63.3 Å². The zero-order valence-electron chi connectivity index (χ0n) is 13.2. The number of carbonyl (C=O) groups excluding carboxylic acids is 1. The highest BCUT2D eigenvalue weighted by Gasteiger charge is 2.25. The van der Waals surface area contributed by atoms with Gasteiger partial charge in [-0.3, -0.25) is 14.7 Å². The second-order valence-corrected chi connectivity index (χ2v) is 7.21. The maximum absolute atomic E-state index is 12.4. The first-order chi connectivity index (χ1) is 11.6. The van der Waals surface area contributed by atoms with E-state index in [1.165, 1.54) is 12.8 Å². The average Bonchev–Trinajstić information content (AvgIpc) is 3.11. The van der Waals surface area contributed by atoms with Crippen molar-refractivity contribution < 1.29 is 4.79 Å². The Morgan fingerprint density at radius 2 is 2.04 bits per heavy atom. The fraction of sp³-hybridized carbons (Fsp3) is 0.333. The number of amides is 1. The molecule has 1 fully saturated rings. The molecule has 24 heavy (non-hydrogen) atoms. The fourth-order valence-electron chi connectivity index (χ4n) is 3.06. The van der Waals surface area contributed by atoms with Gasteiger partial charge in [0.05, 0.1) is 11.6 Å². The van der Waals surface area contributed by atoms with Crippen LogP contribution in [0.2, 0.25) is 5.02 Å². The smallest absolute Gasteiger partial charge is 0.252 e. The SMILES string of the molecule is O=C(NCC(c1ccccc1Cl)N1CCCC1)c1cncc(Br)c1. The molecule has 1 aliphatic rings. The number of nitrogens with zero attached hydrogens (tertiary/aromatic N) is 2. The van der Waals surface area contributed by atoms with Crippen LogP contribution < -0.4 is 5.32 Å². The summed E-state index contributed by atoms with van der Waals surface area (Å²) in [5.74, 6) is -0.125. The molecule has 0 spiro atoms. The zero-order chi connectivity index (χ0) is 16.9. The Kier molecular flexibility index (Phi) is 5.87. The molecule has 2 heterocycles. The fourth-order valence-corrected chi connectivity index (χ4v) is 3.69. The molecule has 1 atom stereocenters. The van der Waals surface area contributed by atoms with E-state index in [4.69, 9.17) is 11.6 Å². The van der Waals surface area contributed by atoms with E-state index >= 15 is 0 Å². The monoisotopic (exact) mass is 407 g/mol. The molecule has 0 radical (unpaired) electrons. The van der Waals surface area contributed by atoms with E-state index in [1.807, 2.05) is 24.3 Å². The summed E-state index contributed by atoms with van der Waals surface area (Å²) >= 11 is 9.74. The number of carbonyl (C=O) groups is 1. The van der Waals surface area contributed by atoms with Gasteiger partial charge in [-0.15, -0.1) is 0 Å². The molecular formula is C18H19BrClN3O. The summed E-state index contributed by atoms with van der Waals surface area (Å²) in [7, 11) is 0. The van der Waals surface area contributed by atoms with Crippen LogP contribution in [-0.4, -0.2) is 35.4 Å². The van der Waals surface area contributed by atoms with Gasteiger partial charge in [0.25, 0.3) is 5.91 Å². The molecule has 1 amide bonds. The molecular weight excluding hydrogens is 390 g/mol. The maximum Gasteiger partial charge on any atom is 0.252 e. The van der Waals surface area contributed by atoms with Crippen molar-refractivity contribution in [2.75, 3.05) is 19.6 Å². The lowest BCUT2D eigenvalue weighted by atomic mass is 10.1. The largest absolute Gasteiger partial charge is 0.350 e. The lowest BCUT2D eigenvalue weighted by Crippen LogP contribution is -2.37. The third-order valence-electron chi connectivity index (χ3n) is 4.27. The molecule has 0 aliphatic carbocycles. The van der Waals surface area contributed by atoms with E-state index in [1.54, 1.807) is 18.5 Å². The van der Waals surface area contributed by atoms with Crippen LogP contribution >= 0.6 is 27.5 Å². The van der Waals surface area contributed by atoms with Crippen molar-refractivity contribution in [3.63, 3.8) is 0 Å². The summed E-state index contributed by atoms with van der Waals surface area (Å²) in [6.07, 6.45) is 5.60. The Morgan fingerprint density at radius 3 is 2.75 bits per heavy atom. The predicted octanol–water partition coefficient (Wildman–Crippen LogP) is 4.06. The van der Waals surface area contributed by atoms with Gasteiger partial charge in [0.2, 0.25) is 0 Å². The van der Waals surface area contributed by atoms with Crippen molar-refractivity contribution in [1.82, 2.24) is 15.2 Å². The summed E-state index contributed by atoms with van der Waals surface area (Å²) < 4.78 is 0.789. The minimum Gasteiger partial charge on any atom is -0.350 e. The highest BCUT2D eigenvalue weighted by molar-refractivity contribution is 9.10. The van der Waals surface area contributed by atoms with Crippen LogP contribution in [-0.2, 0) is 0 Å². The van der Waals surface area contributed by atoms with Crippen LogP contribution in [0.3, 0.4) is 0 Å². The summed E-state index contributed by atoms with van der Waals surface area (Å²) in [6.45, 7) is 2.59. The van der Waals surface area contributed by atoms with Crippen molar-refractivity contribution >= 4 is 33.4 Å². The Bertz CT molecular complexity index is 719. The Balaban J connectivity index is 1.75. The number of pyridine rings is 1. The van der Waals surface area contributed by atoms with Crippen molar-refractivity contribution in [2.24, 2.45) is 0 Å². The zero-order valence-corrected chi connectivity index (χ0v) is 15.6. The molecule has 126 valence electrons. The normalized spacial score (nSPS) is 16.1. The van der Waals surface area contributed by atoms with Crippen molar-refractivity contribution in [3.8, 4) is 0 Å². The van der Waals surface area contributed by atoms with E-state index in [0.717, 1.165) is 28.1 Å². The van der Waals surface area contributed by atoms with Gasteiger partial charge in [0.1, 0.15) is 0 Å². The van der Waals surface area contributed by atoms with Gasteiger partial charge in [-0.25, -0.2) is 0 Å². The van der Waals surface area contributed by atoms with Crippen molar-refractivity contribution in [2.45, 2.75) is 18.9 Å². The molecule has 6 heteroatoms. The topological polar surface area (TPSA) is 45.2 Å². The van der Waals surface area contributed by atoms with E-state index in [9.17, 15) is 4.79 Å². The van der Waals surface area contributed by atoms with Crippen LogP contribution in [0, 0.1) is 0 Å². The third-order valence-corrected chi connectivity index (χ3v) is 5.05. The number of halogens is 2. The van der Waals surface area contributed by atoms with Crippen molar-refractivity contribution in [1.29, 1.82) is 0 Å². The number of nitrogens with one attached hydrogen (secondary N) is 1. The van der Waals surface area contributed by atoms with E-state index < -0.39 is 0 Å². The van der Waals surface area contributed by atoms with Crippen LogP contribution in [0.5, 0.6) is 0 Å². The van der Waals surface area contributed by atoms with Gasteiger partial charge in [0, 0.05) is 28.4 Å². The predicted molar refractivity (Wildman–Crippen MR) is 99.3 cm³/mol. The molecule has 0 saturated carbocycles. The Morgan fingerprint density at radius 1 is 1.29 bits per heavy atom. The standard InChI is InChI=1S/C18H19BrClN3O/c19-14-9-13(10-21-11-14)18(24)22-12-17(23-7-3-4-8-23)15-5-1-2-6-16(15)20/h1-2,5-6,9-11,17H,3-4,7-8,12H2,(H,22,24). The first-order valence-corrected chi connectivity index (χ1v) is 9.19. The summed E-state index contributed by atoms with van der Waals surface area (Å²) in [5, 5.41) is 3.77. The van der Waals surface area contributed by atoms with E-state index in [0.29, 0.717) is 12.1 Å². The van der Waals surface area contributed by atoms with Gasteiger partial charge in [-0.1, -0.05) is 29.8 Å². The number of benzene rings is 1. The molecule has 2 aromatic rings. The highest BCUT2D eigenvalue weighted by atomic mass is 79.9. The second kappa shape index (κ2) is 8.10. The average molecular weight is 409 g/mol. The Hall–Kier alpha value is -1.43. The number of rotatable bonds is 5. The first-order valence-electron chi connectivity index (χ1n) is 8.02. The second-order valence-electron chi connectivity index (χ2n) is 5.88. The number of aromatic nitrogens is 1. The minimum atomic E-state index is -0.125. The molecule has 4 nitrogen and oxygen atoms in total. The summed E-state index contributed by atoms with van der Waals surface area (Å²) in [5.41, 5.74) is 1.61. The molecule has 0 bridgehead atoms. The molecule has 1 saturated heterocycles. The summed E-state index contributed by atoms with van der Waals surface area (Å²) in [6, 6.07) is 9.72. The van der Waals surface area contributed by atoms with E-state index in [2.05, 4.69) is 31.1 Å². The van der Waals surface area contributed by atoms with Crippen LogP contribution in [0.4, 0.5) is 0 Å². The number of hydrogen-bond donors (Lipinski definition) is 1. The van der Waals surface area contributed by atoms with Gasteiger partial charge < -0.3 is 5.32 Å². The lowest BCUT2D eigenvalue weighted by Gasteiger charge is -2.29. The Labute approximate surface area is 155 Å². The van der Waals surface area contributed by atoms with Gasteiger partial charge in [-0.2, -0.15) is 0 Å². The molecule has 1 unspecified atom stereocenters. The molecule has 1 N–H and O–H groups in total. The molecule has 1 aliphatic heterocycles. The highest BCUT2D eigenvalue weighted by Crippen LogP contribution is 2.29. The van der Waals surface area contributed by atoms with Gasteiger partial charge >= 0.3 is 0 Å². The first kappa shape index (κ1) is 17.4. The summed E-state index contributed by atoms with van der Waals surface area (Å²) in [4.78, 5) is 18.8. The molecule has 3 rings (SSSR count). The number of hydrogen-bond acceptors (Lipinski definition) is 3. The van der Waals surface area contributed by atoms with Gasteiger partial charge in [-0.05, 0) is 59.6 Å². The maximum atomic E-state index is 12.4. The molecule has 1 aromatic carbocycles. The van der Waals surface area contributed by atoms with Crippen LogP contribution in [0.1, 0.15) is 34.8 Å². The van der Waals surface area contributed by atoms with Gasteiger partial charge in [0.15, 0.2) is 0 Å². The quantitative estimate of drug-likeness (QED) is 0.811. The van der Waals surface area contributed by atoms with E-state index in [-0.39, 0.29) is 11.9 Å². The van der Waals surface area contributed by atoms with Crippen LogP contribution in [0.25, 0.3) is 0 Å².